The Bertz CT molecular complexity index is 1010. The Kier molecular flexibility index (Phi) is 5.35. The predicted octanol–water partition coefficient (Wildman–Crippen LogP) is 3.99. The summed E-state index contributed by atoms with van der Waals surface area (Å²) in [5, 5.41) is 4.62. The number of carbonyl (C=O) groups excluding carboxylic acids is 2. The fourth-order valence-corrected chi connectivity index (χ4v) is 3.92. The summed E-state index contributed by atoms with van der Waals surface area (Å²) in [7, 11) is 0. The van der Waals surface area contributed by atoms with Crippen molar-refractivity contribution in [2.24, 2.45) is 5.92 Å². The number of hydrogen-bond acceptors (Lipinski definition) is 2. The number of fused-ring (bicyclic) bond motifs is 1. The number of piperidine rings is 1. The summed E-state index contributed by atoms with van der Waals surface area (Å²) in [6.45, 7) is 1.52. The molecular formula is C22H22ClN3O2. The fourth-order valence-electron chi connectivity index (χ4n) is 3.71. The average Bonchev–Trinajstić information content (AvgIpc) is 3.20. The van der Waals surface area contributed by atoms with Crippen LogP contribution in [0.15, 0.2) is 54.7 Å². The van der Waals surface area contributed by atoms with Gasteiger partial charge < -0.3 is 15.2 Å². The number of likely N-dealkylation sites (tertiary alicyclic amines) is 1. The SMILES string of the molecule is O=C(NCc1ccccc1Cl)[C@@H]1CCCN(C(=O)c2ccc3[nH]ccc3c2)C1. The fraction of sp³-hybridized carbons (Fsp3) is 0.273. The molecule has 0 unspecified atom stereocenters. The molecule has 1 atom stereocenters. The maximum Gasteiger partial charge on any atom is 0.253 e. The van der Waals surface area contributed by atoms with Crippen LogP contribution in [0.1, 0.15) is 28.8 Å². The molecule has 4 rings (SSSR count). The van der Waals surface area contributed by atoms with E-state index in [1.165, 1.54) is 0 Å². The van der Waals surface area contributed by atoms with Gasteiger partial charge in [0, 0.05) is 47.3 Å². The van der Waals surface area contributed by atoms with Gasteiger partial charge in [-0.3, -0.25) is 9.59 Å². The van der Waals surface area contributed by atoms with Crippen LogP contribution in [0.4, 0.5) is 0 Å². The topological polar surface area (TPSA) is 65.2 Å². The van der Waals surface area contributed by atoms with Crippen LogP contribution in [0.3, 0.4) is 0 Å². The Morgan fingerprint density at radius 3 is 2.89 bits per heavy atom. The van der Waals surface area contributed by atoms with Gasteiger partial charge in [0.2, 0.25) is 5.91 Å². The molecule has 144 valence electrons. The van der Waals surface area contributed by atoms with Crippen LogP contribution in [0, 0.1) is 5.92 Å². The number of aromatic amines is 1. The summed E-state index contributed by atoms with van der Waals surface area (Å²) in [4.78, 5) is 30.5. The van der Waals surface area contributed by atoms with Gasteiger partial charge in [0.15, 0.2) is 0 Å². The molecule has 0 radical (unpaired) electrons. The Morgan fingerprint density at radius 1 is 1.18 bits per heavy atom. The first-order valence-electron chi connectivity index (χ1n) is 9.49. The minimum absolute atomic E-state index is 0.0216. The number of nitrogens with zero attached hydrogens (tertiary/aromatic N) is 1. The second-order valence-corrected chi connectivity index (χ2v) is 7.59. The van der Waals surface area contributed by atoms with E-state index in [1.807, 2.05) is 54.7 Å². The molecule has 28 heavy (non-hydrogen) atoms. The third-order valence-corrected chi connectivity index (χ3v) is 5.66. The summed E-state index contributed by atoms with van der Waals surface area (Å²) in [5.74, 6) is -0.249. The first-order valence-corrected chi connectivity index (χ1v) is 9.87. The third kappa shape index (κ3) is 3.90. The smallest absolute Gasteiger partial charge is 0.253 e. The van der Waals surface area contributed by atoms with Crippen LogP contribution in [-0.2, 0) is 11.3 Å². The summed E-state index contributed by atoms with van der Waals surface area (Å²) < 4.78 is 0. The molecule has 1 aliphatic rings. The minimum Gasteiger partial charge on any atom is -0.361 e. The van der Waals surface area contributed by atoms with Crippen LogP contribution in [0.2, 0.25) is 5.02 Å². The third-order valence-electron chi connectivity index (χ3n) is 5.29. The maximum absolute atomic E-state index is 12.9. The van der Waals surface area contributed by atoms with E-state index in [0.29, 0.717) is 30.2 Å². The summed E-state index contributed by atoms with van der Waals surface area (Å²) in [5.41, 5.74) is 2.55. The van der Waals surface area contributed by atoms with E-state index in [2.05, 4.69) is 10.3 Å². The van der Waals surface area contributed by atoms with Crippen molar-refractivity contribution in [3.05, 3.63) is 70.9 Å². The van der Waals surface area contributed by atoms with Gasteiger partial charge in [0.25, 0.3) is 5.91 Å². The highest BCUT2D eigenvalue weighted by Gasteiger charge is 2.29. The van der Waals surface area contributed by atoms with E-state index in [9.17, 15) is 9.59 Å². The van der Waals surface area contributed by atoms with Gasteiger partial charge in [0.1, 0.15) is 0 Å². The number of H-pyrrole nitrogens is 1. The molecule has 0 bridgehead atoms. The number of nitrogens with one attached hydrogen (secondary N) is 2. The van der Waals surface area contributed by atoms with Gasteiger partial charge >= 0.3 is 0 Å². The monoisotopic (exact) mass is 395 g/mol. The molecule has 2 N–H and O–H groups in total. The standard InChI is InChI=1S/C22H22ClN3O2/c23-19-6-2-1-4-17(19)13-25-21(27)18-5-3-11-26(14-18)22(28)16-7-8-20-15(12-16)9-10-24-20/h1-2,4,6-10,12,18,24H,3,5,11,13-14H2,(H,25,27)/t18-/m1/s1. The summed E-state index contributed by atoms with van der Waals surface area (Å²) in [6, 6.07) is 15.1. The first-order chi connectivity index (χ1) is 13.6. The number of benzene rings is 2. The highest BCUT2D eigenvalue weighted by atomic mass is 35.5. The molecule has 0 spiro atoms. The van der Waals surface area contributed by atoms with Crippen molar-refractivity contribution >= 4 is 34.3 Å². The van der Waals surface area contributed by atoms with Gasteiger partial charge in [-0.25, -0.2) is 0 Å². The molecule has 1 saturated heterocycles. The molecule has 1 aliphatic heterocycles. The van der Waals surface area contributed by atoms with Crippen molar-refractivity contribution in [2.75, 3.05) is 13.1 Å². The normalized spacial score (nSPS) is 16.9. The molecular weight excluding hydrogens is 374 g/mol. The van der Waals surface area contributed by atoms with E-state index < -0.39 is 0 Å². The Morgan fingerprint density at radius 2 is 2.04 bits per heavy atom. The number of halogens is 1. The Balaban J connectivity index is 1.39. The molecule has 6 heteroatoms. The maximum atomic E-state index is 12.9. The predicted molar refractivity (Wildman–Crippen MR) is 110 cm³/mol. The van der Waals surface area contributed by atoms with Crippen molar-refractivity contribution in [1.82, 2.24) is 15.2 Å². The quantitative estimate of drug-likeness (QED) is 0.701. The molecule has 2 amide bonds. The zero-order chi connectivity index (χ0) is 19.5. The zero-order valence-electron chi connectivity index (χ0n) is 15.5. The molecule has 2 aromatic carbocycles. The van der Waals surface area contributed by atoms with Crippen molar-refractivity contribution in [1.29, 1.82) is 0 Å². The summed E-state index contributed by atoms with van der Waals surface area (Å²) in [6.07, 6.45) is 3.47. The second-order valence-electron chi connectivity index (χ2n) is 7.18. The van der Waals surface area contributed by atoms with E-state index in [-0.39, 0.29) is 17.7 Å². The van der Waals surface area contributed by atoms with Gasteiger partial charge in [-0.15, -0.1) is 0 Å². The minimum atomic E-state index is -0.198. The number of amides is 2. The molecule has 0 aliphatic carbocycles. The van der Waals surface area contributed by atoms with E-state index in [4.69, 9.17) is 11.6 Å². The lowest BCUT2D eigenvalue weighted by Crippen LogP contribution is -2.45. The van der Waals surface area contributed by atoms with Gasteiger partial charge in [-0.2, -0.15) is 0 Å². The average molecular weight is 396 g/mol. The Hall–Kier alpha value is -2.79. The first kappa shape index (κ1) is 18.6. The van der Waals surface area contributed by atoms with Crippen molar-refractivity contribution < 1.29 is 9.59 Å². The van der Waals surface area contributed by atoms with Gasteiger partial charge in [-0.05, 0) is 48.7 Å². The van der Waals surface area contributed by atoms with Crippen molar-refractivity contribution in [2.45, 2.75) is 19.4 Å². The van der Waals surface area contributed by atoms with E-state index in [1.54, 1.807) is 4.90 Å². The molecule has 2 heterocycles. The summed E-state index contributed by atoms with van der Waals surface area (Å²) >= 11 is 6.15. The lowest BCUT2D eigenvalue weighted by Gasteiger charge is -2.32. The lowest BCUT2D eigenvalue weighted by atomic mass is 9.96. The van der Waals surface area contributed by atoms with Crippen molar-refractivity contribution in [3.8, 4) is 0 Å². The highest BCUT2D eigenvalue weighted by Crippen LogP contribution is 2.22. The van der Waals surface area contributed by atoms with Crippen molar-refractivity contribution in [3.63, 3.8) is 0 Å². The van der Waals surface area contributed by atoms with Crippen LogP contribution < -0.4 is 5.32 Å². The number of hydrogen-bond donors (Lipinski definition) is 2. The zero-order valence-corrected chi connectivity index (χ0v) is 16.2. The largest absolute Gasteiger partial charge is 0.361 e. The molecule has 1 fully saturated rings. The number of carbonyl (C=O) groups is 2. The number of aromatic nitrogens is 1. The van der Waals surface area contributed by atoms with Crippen LogP contribution in [0.25, 0.3) is 10.9 Å². The molecule has 3 aromatic rings. The van der Waals surface area contributed by atoms with Crippen LogP contribution >= 0.6 is 11.6 Å². The van der Waals surface area contributed by atoms with Gasteiger partial charge in [0.05, 0.1) is 5.92 Å². The molecule has 5 nitrogen and oxygen atoms in total. The molecule has 0 saturated carbocycles. The van der Waals surface area contributed by atoms with Crippen LogP contribution in [0.5, 0.6) is 0 Å². The number of rotatable bonds is 4. The van der Waals surface area contributed by atoms with E-state index >= 15 is 0 Å². The van der Waals surface area contributed by atoms with Crippen LogP contribution in [-0.4, -0.2) is 34.8 Å². The Labute approximate surface area is 168 Å². The molecule has 1 aromatic heterocycles. The highest BCUT2D eigenvalue weighted by molar-refractivity contribution is 6.31. The van der Waals surface area contributed by atoms with Gasteiger partial charge in [-0.1, -0.05) is 29.8 Å². The second kappa shape index (κ2) is 8.07. The lowest BCUT2D eigenvalue weighted by molar-refractivity contribution is -0.126. The van der Waals surface area contributed by atoms with E-state index in [0.717, 1.165) is 29.3 Å².